The Morgan fingerprint density at radius 2 is 2.24 bits per heavy atom. The van der Waals surface area contributed by atoms with E-state index in [1.165, 1.54) is 23.0 Å². The Hall–Kier alpha value is -1.39. The number of fused-ring (bicyclic) bond motifs is 1. The van der Waals surface area contributed by atoms with Gasteiger partial charge in [0.05, 0.1) is 17.8 Å². The Bertz CT molecular complexity index is 599. The molecule has 1 N–H and O–H groups in total. The van der Waals surface area contributed by atoms with E-state index < -0.39 is 0 Å². The van der Waals surface area contributed by atoms with Gasteiger partial charge in [0.15, 0.2) is 0 Å². The monoisotopic (exact) mass is 287 g/mol. The number of nitrogens with zero attached hydrogens (tertiary/aromatic N) is 2. The summed E-state index contributed by atoms with van der Waals surface area (Å²) in [6.07, 6.45) is 3.28. The fourth-order valence-electron chi connectivity index (χ4n) is 3.30. The molecule has 1 unspecified atom stereocenters. The number of hydrogen-bond donors (Lipinski definition) is 1. The minimum atomic E-state index is 0.201. The summed E-state index contributed by atoms with van der Waals surface area (Å²) >= 11 is 0. The number of hydrogen-bond acceptors (Lipinski definition) is 3. The zero-order valence-electron chi connectivity index (χ0n) is 13.1. The minimum Gasteiger partial charge on any atom is -0.381 e. The summed E-state index contributed by atoms with van der Waals surface area (Å²) in [6, 6.07) is 8.49. The molecule has 1 atom stereocenters. The molecule has 1 aliphatic heterocycles. The summed E-state index contributed by atoms with van der Waals surface area (Å²) < 4.78 is 7.70. The van der Waals surface area contributed by atoms with E-state index in [1.54, 1.807) is 0 Å². The highest BCUT2D eigenvalue weighted by Crippen LogP contribution is 2.33. The molecule has 0 amide bonds. The van der Waals surface area contributed by atoms with Gasteiger partial charge in [0.25, 0.3) is 0 Å². The van der Waals surface area contributed by atoms with Crippen molar-refractivity contribution in [1.82, 2.24) is 15.1 Å². The number of ether oxygens (including phenoxy) is 1. The van der Waals surface area contributed by atoms with Crippen molar-refractivity contribution in [2.45, 2.75) is 26.2 Å². The predicted molar refractivity (Wildman–Crippen MR) is 85.4 cm³/mol. The number of para-hydroxylation sites is 1. The Balaban J connectivity index is 1.84. The summed E-state index contributed by atoms with van der Waals surface area (Å²) in [4.78, 5) is 0. The van der Waals surface area contributed by atoms with Crippen LogP contribution in [0.2, 0.25) is 0 Å². The fourth-order valence-corrected chi connectivity index (χ4v) is 3.30. The number of rotatable bonds is 6. The van der Waals surface area contributed by atoms with Crippen molar-refractivity contribution in [1.29, 1.82) is 0 Å². The number of nitrogens with one attached hydrogen (secondary N) is 1. The van der Waals surface area contributed by atoms with Crippen molar-refractivity contribution in [2.24, 2.45) is 12.5 Å². The van der Waals surface area contributed by atoms with Gasteiger partial charge in [-0.25, -0.2) is 0 Å². The van der Waals surface area contributed by atoms with Gasteiger partial charge < -0.3 is 10.1 Å². The largest absolute Gasteiger partial charge is 0.381 e. The maximum atomic E-state index is 5.71. The highest BCUT2D eigenvalue weighted by Gasteiger charge is 2.36. The zero-order chi connectivity index (χ0) is 14.7. The van der Waals surface area contributed by atoms with Gasteiger partial charge in [-0.1, -0.05) is 25.1 Å². The average molecular weight is 287 g/mol. The van der Waals surface area contributed by atoms with Crippen molar-refractivity contribution < 1.29 is 4.74 Å². The third-order valence-electron chi connectivity index (χ3n) is 4.49. The van der Waals surface area contributed by atoms with Crippen LogP contribution in [-0.2, 0) is 18.2 Å². The molecule has 21 heavy (non-hydrogen) atoms. The molecule has 4 nitrogen and oxygen atoms in total. The highest BCUT2D eigenvalue weighted by atomic mass is 16.5. The smallest absolute Gasteiger partial charge is 0.0710 e. The normalized spacial score (nSPS) is 22.2. The molecular formula is C17H25N3O. The van der Waals surface area contributed by atoms with Crippen molar-refractivity contribution in [2.75, 3.05) is 26.3 Å². The highest BCUT2D eigenvalue weighted by molar-refractivity contribution is 5.81. The van der Waals surface area contributed by atoms with Gasteiger partial charge in [0.2, 0.25) is 0 Å². The molecule has 1 aromatic carbocycles. The van der Waals surface area contributed by atoms with Crippen LogP contribution in [0.5, 0.6) is 0 Å². The van der Waals surface area contributed by atoms with E-state index in [4.69, 9.17) is 9.84 Å². The Morgan fingerprint density at radius 3 is 3.00 bits per heavy atom. The van der Waals surface area contributed by atoms with E-state index in [-0.39, 0.29) is 5.41 Å². The second-order valence-electron chi connectivity index (χ2n) is 6.24. The van der Waals surface area contributed by atoms with Gasteiger partial charge in [-0.2, -0.15) is 5.10 Å². The van der Waals surface area contributed by atoms with Crippen LogP contribution in [0.15, 0.2) is 24.3 Å². The molecule has 0 bridgehead atoms. The molecule has 1 fully saturated rings. The summed E-state index contributed by atoms with van der Waals surface area (Å²) in [5, 5.41) is 9.62. The van der Waals surface area contributed by atoms with Crippen LogP contribution in [0.4, 0.5) is 0 Å². The van der Waals surface area contributed by atoms with Crippen LogP contribution >= 0.6 is 0 Å². The molecule has 0 radical (unpaired) electrons. The quantitative estimate of drug-likeness (QED) is 0.830. The average Bonchev–Trinajstić information content (AvgIpc) is 3.07. The summed E-state index contributed by atoms with van der Waals surface area (Å²) in [5.74, 6) is 0. The van der Waals surface area contributed by atoms with Crippen LogP contribution in [0.3, 0.4) is 0 Å². The third kappa shape index (κ3) is 2.97. The standard InChI is InChI=1S/C17H25N3O/c1-3-9-18-12-17(8-10-21-13-17)11-15-14-6-4-5-7-16(14)20(2)19-15/h4-7,18H,3,8-13H2,1-2H3. The molecule has 1 saturated heterocycles. The number of aryl methyl sites for hydroxylation is 1. The molecular weight excluding hydrogens is 262 g/mol. The Labute approximate surface area is 126 Å². The molecule has 0 aliphatic carbocycles. The third-order valence-corrected chi connectivity index (χ3v) is 4.49. The zero-order valence-corrected chi connectivity index (χ0v) is 13.1. The molecule has 3 rings (SSSR count). The second kappa shape index (κ2) is 6.16. The number of aromatic nitrogens is 2. The van der Waals surface area contributed by atoms with Crippen LogP contribution in [0.25, 0.3) is 10.9 Å². The van der Waals surface area contributed by atoms with E-state index in [0.29, 0.717) is 0 Å². The molecule has 1 aromatic heterocycles. The van der Waals surface area contributed by atoms with Crippen molar-refractivity contribution >= 4 is 10.9 Å². The molecule has 114 valence electrons. The first-order valence-electron chi connectivity index (χ1n) is 7.93. The van der Waals surface area contributed by atoms with E-state index in [9.17, 15) is 0 Å². The maximum Gasteiger partial charge on any atom is 0.0710 e. The summed E-state index contributed by atoms with van der Waals surface area (Å²) in [7, 11) is 2.03. The van der Waals surface area contributed by atoms with E-state index >= 15 is 0 Å². The minimum absolute atomic E-state index is 0.201. The lowest BCUT2D eigenvalue weighted by Gasteiger charge is -2.27. The van der Waals surface area contributed by atoms with Crippen molar-refractivity contribution in [3.8, 4) is 0 Å². The molecule has 0 saturated carbocycles. The second-order valence-corrected chi connectivity index (χ2v) is 6.24. The molecule has 0 spiro atoms. The maximum absolute atomic E-state index is 5.71. The van der Waals surface area contributed by atoms with Gasteiger partial charge in [0, 0.05) is 37.4 Å². The van der Waals surface area contributed by atoms with Gasteiger partial charge in [-0.15, -0.1) is 0 Å². The topological polar surface area (TPSA) is 39.1 Å². The molecule has 2 aromatic rings. The van der Waals surface area contributed by atoms with E-state index in [0.717, 1.165) is 39.1 Å². The van der Waals surface area contributed by atoms with Crippen LogP contribution < -0.4 is 5.32 Å². The molecule has 2 heterocycles. The van der Waals surface area contributed by atoms with Gasteiger partial charge in [-0.05, 0) is 25.5 Å². The molecule has 4 heteroatoms. The fraction of sp³-hybridized carbons (Fsp3) is 0.588. The van der Waals surface area contributed by atoms with Crippen LogP contribution in [0, 0.1) is 5.41 Å². The van der Waals surface area contributed by atoms with Crippen LogP contribution in [0.1, 0.15) is 25.5 Å². The first-order valence-corrected chi connectivity index (χ1v) is 7.93. The first kappa shape index (κ1) is 14.5. The summed E-state index contributed by atoms with van der Waals surface area (Å²) in [5.41, 5.74) is 2.62. The number of benzene rings is 1. The van der Waals surface area contributed by atoms with E-state index in [2.05, 4.69) is 36.5 Å². The lowest BCUT2D eigenvalue weighted by molar-refractivity contribution is 0.149. The Kier molecular flexibility index (Phi) is 4.27. The van der Waals surface area contributed by atoms with Crippen molar-refractivity contribution in [3.05, 3.63) is 30.0 Å². The van der Waals surface area contributed by atoms with E-state index in [1.807, 2.05) is 11.7 Å². The SMILES string of the molecule is CCCNCC1(Cc2nn(C)c3ccccc23)CCOC1. The van der Waals surface area contributed by atoms with Crippen LogP contribution in [-0.4, -0.2) is 36.1 Å². The summed E-state index contributed by atoms with van der Waals surface area (Å²) in [6.45, 7) is 6.01. The Morgan fingerprint density at radius 1 is 1.38 bits per heavy atom. The van der Waals surface area contributed by atoms with Gasteiger partial charge in [-0.3, -0.25) is 4.68 Å². The van der Waals surface area contributed by atoms with Gasteiger partial charge >= 0.3 is 0 Å². The predicted octanol–water partition coefficient (Wildman–Crippen LogP) is 2.52. The van der Waals surface area contributed by atoms with Gasteiger partial charge in [0.1, 0.15) is 0 Å². The van der Waals surface area contributed by atoms with Crippen molar-refractivity contribution in [3.63, 3.8) is 0 Å². The lowest BCUT2D eigenvalue weighted by atomic mass is 9.81. The molecule has 1 aliphatic rings. The lowest BCUT2D eigenvalue weighted by Crippen LogP contribution is -2.37. The first-order chi connectivity index (χ1) is 10.2.